The second-order valence-corrected chi connectivity index (χ2v) is 27.3. The van der Waals surface area contributed by atoms with Crippen molar-refractivity contribution in [1.29, 1.82) is 10.8 Å². The van der Waals surface area contributed by atoms with Crippen molar-refractivity contribution in [3.63, 3.8) is 0 Å². The minimum absolute atomic E-state index is 0.0124. The number of rotatable bonds is 50. The number of phenolic OH excluding ortho intramolecular Hbond substituents is 1. The Morgan fingerprint density at radius 1 is 0.477 bits per heavy atom. The topological polar surface area (TPSA) is 640 Å². The van der Waals surface area contributed by atoms with Crippen molar-refractivity contribution in [2.75, 3.05) is 26.2 Å². The molecule has 13 atom stereocenters. The van der Waals surface area contributed by atoms with E-state index in [0.29, 0.717) is 35.2 Å². The number of carboxylic acid groups (broad SMARTS) is 2. The lowest BCUT2D eigenvalue weighted by Crippen LogP contribution is -2.61. The summed E-state index contributed by atoms with van der Waals surface area (Å²) in [6.45, 7) is 7.45. The fourth-order valence-corrected chi connectivity index (χ4v) is 11.4. The minimum atomic E-state index is -1.71. The van der Waals surface area contributed by atoms with Crippen LogP contribution in [-0.4, -0.2) is 218 Å². The molecule has 111 heavy (non-hydrogen) atoms. The fraction of sp³-hybridized carbons (Fsp3) is 0.507. The van der Waals surface area contributed by atoms with Crippen molar-refractivity contribution in [3.05, 3.63) is 120 Å². The van der Waals surface area contributed by atoms with Crippen LogP contribution in [0.4, 0.5) is 0 Å². The Labute approximate surface area is 642 Å². The maximum atomic E-state index is 14.8. The molecule has 4 rings (SSSR count). The van der Waals surface area contributed by atoms with Gasteiger partial charge in [-0.25, -0.2) is 9.78 Å². The average Bonchev–Trinajstić information content (AvgIpc) is 1.74. The predicted molar refractivity (Wildman–Crippen MR) is 406 cm³/mol. The van der Waals surface area contributed by atoms with Crippen molar-refractivity contribution < 1.29 is 82.8 Å². The molecule has 11 amide bonds. The Hall–Kier alpha value is -11.8. The number of guanidine groups is 2. The molecule has 1 aromatic heterocycles. The van der Waals surface area contributed by atoms with E-state index in [-0.39, 0.29) is 102 Å². The van der Waals surface area contributed by atoms with Crippen LogP contribution < -0.4 is 92.1 Å². The second kappa shape index (κ2) is 47.9. The van der Waals surface area contributed by atoms with Crippen LogP contribution in [0, 0.1) is 22.7 Å². The quantitative estimate of drug-likeness (QED) is 0.0115. The number of aromatic amines is 1. The number of aromatic nitrogens is 2. The summed E-state index contributed by atoms with van der Waals surface area (Å²) in [5, 5.41) is 88.1. The maximum absolute atomic E-state index is 14.8. The van der Waals surface area contributed by atoms with Gasteiger partial charge in [-0.15, -0.1) is 0 Å². The molecule has 0 unspecified atom stereocenters. The van der Waals surface area contributed by atoms with E-state index in [1.54, 1.807) is 88.4 Å². The Kier molecular flexibility index (Phi) is 39.5. The number of benzene rings is 3. The third-order valence-electron chi connectivity index (χ3n) is 17.7. The molecule has 38 nitrogen and oxygen atoms in total. The van der Waals surface area contributed by atoms with Gasteiger partial charge in [0.1, 0.15) is 72.2 Å². The van der Waals surface area contributed by atoms with Gasteiger partial charge >= 0.3 is 11.9 Å². The lowest BCUT2D eigenvalue weighted by molar-refractivity contribution is -0.143. The second-order valence-electron chi connectivity index (χ2n) is 27.3. The monoisotopic (exact) mass is 1550 g/mol. The first-order valence-electron chi connectivity index (χ1n) is 36.6. The normalized spacial score (nSPS) is 14.6. The van der Waals surface area contributed by atoms with Crippen LogP contribution in [0.2, 0.25) is 0 Å². The Balaban J connectivity index is 1.64. The van der Waals surface area contributed by atoms with E-state index in [1.807, 2.05) is 0 Å². The number of aliphatic hydroxyl groups is 1. The zero-order chi connectivity index (χ0) is 82.3. The van der Waals surface area contributed by atoms with Crippen LogP contribution in [0.3, 0.4) is 0 Å². The number of H-pyrrole nitrogens is 1. The van der Waals surface area contributed by atoms with Gasteiger partial charge in [0, 0.05) is 50.7 Å². The number of imidazole rings is 1. The highest BCUT2D eigenvalue weighted by atomic mass is 16.4. The molecule has 0 aliphatic rings. The summed E-state index contributed by atoms with van der Waals surface area (Å²) in [4.78, 5) is 188. The number of phenols is 1. The number of carbonyl (C=O) groups is 13. The van der Waals surface area contributed by atoms with Crippen molar-refractivity contribution >= 4 is 88.8 Å². The third-order valence-corrected chi connectivity index (χ3v) is 17.7. The number of aliphatic hydroxyl groups excluding tert-OH is 1. The highest BCUT2D eigenvalue weighted by Gasteiger charge is 2.38. The van der Waals surface area contributed by atoms with E-state index < -0.39 is 180 Å². The van der Waals surface area contributed by atoms with Gasteiger partial charge in [-0.05, 0) is 105 Å². The molecule has 3 aromatic carbocycles. The summed E-state index contributed by atoms with van der Waals surface area (Å²) in [5.74, 6) is -14.9. The molecule has 608 valence electrons. The van der Waals surface area contributed by atoms with Crippen LogP contribution in [-0.2, 0) is 88.0 Å². The van der Waals surface area contributed by atoms with E-state index >= 15 is 0 Å². The number of aliphatic carboxylic acids is 2. The van der Waals surface area contributed by atoms with E-state index in [1.165, 1.54) is 43.7 Å². The molecular weight excluding hydrogens is 1440 g/mol. The first kappa shape index (κ1) is 91.6. The number of nitrogens with one attached hydrogen (secondary N) is 16. The molecule has 0 bridgehead atoms. The highest BCUT2D eigenvalue weighted by molar-refractivity contribution is 6.00. The zero-order valence-corrected chi connectivity index (χ0v) is 62.9. The summed E-state index contributed by atoms with van der Waals surface area (Å²) in [6, 6.07) is 4.62. The molecule has 0 spiro atoms. The smallest absolute Gasteiger partial charge is 0.328 e. The number of nitrogens with two attached hydrogens (primary N) is 4. The molecule has 0 radical (unpaired) electrons. The molecule has 28 N–H and O–H groups in total. The summed E-state index contributed by atoms with van der Waals surface area (Å²) >= 11 is 0. The minimum Gasteiger partial charge on any atom is -0.508 e. The van der Waals surface area contributed by atoms with E-state index in [9.17, 15) is 82.8 Å². The van der Waals surface area contributed by atoms with E-state index in [4.69, 9.17) is 33.8 Å². The van der Waals surface area contributed by atoms with Gasteiger partial charge in [0.2, 0.25) is 65.0 Å². The Bertz CT molecular complexity index is 3730. The summed E-state index contributed by atoms with van der Waals surface area (Å²) in [7, 11) is 0. The first-order valence-corrected chi connectivity index (χ1v) is 36.6. The SMILES string of the molecule is CC[C@H](C)[C@H](NC(=O)[C@H](CC(C)C)NC(=O)[C@H](CCCNC(=N)N)NC(=O)[C@H](CCCNC(=N)N)NC(=O)[C@H](CCCCN)NC(=O)[C@H](C)NC(=O)[C@H](Cc1cnc[nH]1)NC(=O)[C@H](Cc1ccc(O)cc1)NC(=O)[C@H](Cc1ccccc1)NC(=O)[C@@H](N)CC(=O)O)C(=O)N[C@@H](Cc1ccccc1)C(=O)N[C@@H](CO)C(=O)O. The molecular formula is C73H109N21O17. The van der Waals surface area contributed by atoms with Gasteiger partial charge in [0.05, 0.1) is 25.4 Å². The Morgan fingerprint density at radius 3 is 1.30 bits per heavy atom. The van der Waals surface area contributed by atoms with Crippen molar-refractivity contribution in [2.24, 2.45) is 34.8 Å². The van der Waals surface area contributed by atoms with Gasteiger partial charge in [-0.1, -0.05) is 107 Å². The number of amides is 11. The first-order chi connectivity index (χ1) is 52.7. The number of aromatic hydroxyl groups is 1. The largest absolute Gasteiger partial charge is 0.508 e. The van der Waals surface area contributed by atoms with Crippen LogP contribution in [0.15, 0.2) is 97.5 Å². The Morgan fingerprint density at radius 2 is 0.874 bits per heavy atom. The fourth-order valence-electron chi connectivity index (χ4n) is 11.4. The lowest BCUT2D eigenvalue weighted by Gasteiger charge is -2.30. The number of nitrogens with zero attached hydrogens (tertiary/aromatic N) is 1. The van der Waals surface area contributed by atoms with Crippen LogP contribution >= 0.6 is 0 Å². The summed E-state index contributed by atoms with van der Waals surface area (Å²) < 4.78 is 0. The van der Waals surface area contributed by atoms with Crippen LogP contribution in [0.25, 0.3) is 0 Å². The summed E-state index contributed by atoms with van der Waals surface area (Å²) in [6.07, 6.45) is 1.67. The van der Waals surface area contributed by atoms with Crippen molar-refractivity contribution in [2.45, 2.75) is 197 Å². The molecule has 38 heteroatoms. The van der Waals surface area contributed by atoms with Crippen LogP contribution in [0.1, 0.15) is 121 Å². The molecule has 0 aliphatic carbocycles. The number of hydrogen-bond acceptors (Lipinski definition) is 20. The highest BCUT2D eigenvalue weighted by Crippen LogP contribution is 2.17. The van der Waals surface area contributed by atoms with Gasteiger partial charge in [-0.3, -0.25) is 68.4 Å². The van der Waals surface area contributed by atoms with E-state index in [2.05, 4.69) is 79.1 Å². The molecule has 0 saturated carbocycles. The van der Waals surface area contributed by atoms with Crippen molar-refractivity contribution in [1.82, 2.24) is 79.1 Å². The number of unbranched alkanes of at least 4 members (excludes halogenated alkanes) is 1. The molecule has 1 heterocycles. The standard InChI is InChI=1S/C73H109N21O17/c1-6-41(4)59(70(109)92-55(33-44-19-11-8-12-20-44)68(107)93-57(38-95)71(110)111)94-69(108)52(31-40(2)3)89-64(103)51(23-16-30-82-73(78)79)87-63(102)50(22-15-29-81-72(76)77)86-62(101)49(21-13-14-28-74)85-60(99)42(5)84-65(104)56(35-46-37-80-39-83-46)91-67(106)54(34-45-24-26-47(96)27-25-45)90-66(105)53(32-43-17-9-7-10-18-43)88-61(100)48(75)36-58(97)98/h7-12,17-20,24-27,37,39-42,48-57,59,95-96H,6,13-16,21-23,28-36,38,74-75H2,1-5H3,(H,80,83)(H,84,104)(H,85,99)(H,86,101)(H,87,102)(H,88,100)(H,89,103)(H,90,105)(H,91,106)(H,92,109)(H,93,107)(H,94,108)(H,97,98)(H,110,111)(H4,76,77,81)(H4,78,79,82)/t41-,42-,48-,49-,50-,51-,52-,53-,54-,55-,56-,57-,59-/m0/s1. The molecule has 0 saturated heterocycles. The average molecular weight is 1550 g/mol. The number of carboxylic acids is 2. The number of hydrogen-bond donors (Lipinski definition) is 24. The zero-order valence-electron chi connectivity index (χ0n) is 62.9. The molecule has 0 aliphatic heterocycles. The third kappa shape index (κ3) is 33.7. The molecule has 0 fully saturated rings. The van der Waals surface area contributed by atoms with E-state index in [0.717, 1.165) is 0 Å². The van der Waals surface area contributed by atoms with Gasteiger partial charge in [0.25, 0.3) is 0 Å². The van der Waals surface area contributed by atoms with Crippen molar-refractivity contribution in [3.8, 4) is 5.75 Å². The van der Waals surface area contributed by atoms with Gasteiger partial charge in [-0.2, -0.15) is 0 Å². The van der Waals surface area contributed by atoms with Gasteiger partial charge in [0.15, 0.2) is 11.9 Å². The summed E-state index contributed by atoms with van der Waals surface area (Å²) in [5.41, 5.74) is 24.7. The number of carbonyl (C=O) groups excluding carboxylic acids is 11. The lowest BCUT2D eigenvalue weighted by atomic mass is 9.95. The molecule has 4 aromatic rings. The van der Waals surface area contributed by atoms with Gasteiger partial charge < -0.3 is 117 Å². The predicted octanol–water partition coefficient (Wildman–Crippen LogP) is -3.63. The maximum Gasteiger partial charge on any atom is 0.328 e. The van der Waals surface area contributed by atoms with Crippen LogP contribution in [0.5, 0.6) is 5.75 Å².